The van der Waals surface area contributed by atoms with E-state index < -0.39 is 5.60 Å². The fraction of sp³-hybridized carbons (Fsp3) is 0.786. The first-order valence-electron chi connectivity index (χ1n) is 7.01. The SMILES string of the molecule is CC1CCCC(O)(c2c(Cl)cnn2CCN(C)C)C1. The van der Waals surface area contributed by atoms with E-state index in [0.717, 1.165) is 38.0 Å². The molecular formula is C14H24ClN3O. The lowest BCUT2D eigenvalue weighted by Gasteiger charge is -2.36. The highest BCUT2D eigenvalue weighted by Gasteiger charge is 2.38. The van der Waals surface area contributed by atoms with E-state index in [0.29, 0.717) is 10.9 Å². The summed E-state index contributed by atoms with van der Waals surface area (Å²) < 4.78 is 1.88. The van der Waals surface area contributed by atoms with Crippen molar-refractivity contribution in [2.24, 2.45) is 5.92 Å². The average Bonchev–Trinajstić information content (AvgIpc) is 2.68. The van der Waals surface area contributed by atoms with Crippen molar-refractivity contribution in [2.45, 2.75) is 44.8 Å². The normalized spacial score (nSPS) is 28.0. The van der Waals surface area contributed by atoms with Gasteiger partial charge in [0.1, 0.15) is 5.60 Å². The maximum atomic E-state index is 11.0. The van der Waals surface area contributed by atoms with E-state index in [1.54, 1.807) is 6.20 Å². The largest absolute Gasteiger partial charge is 0.384 e. The third-order valence-electron chi connectivity index (χ3n) is 3.97. The molecule has 1 fully saturated rings. The number of nitrogens with zero attached hydrogens (tertiary/aromatic N) is 3. The number of hydrogen-bond acceptors (Lipinski definition) is 3. The van der Waals surface area contributed by atoms with Gasteiger partial charge in [-0.25, -0.2) is 0 Å². The van der Waals surface area contributed by atoms with Gasteiger partial charge < -0.3 is 10.0 Å². The smallest absolute Gasteiger partial charge is 0.108 e. The molecule has 1 aliphatic rings. The monoisotopic (exact) mass is 285 g/mol. The number of likely N-dealkylation sites (N-methyl/N-ethyl adjacent to an activating group) is 1. The molecule has 19 heavy (non-hydrogen) atoms. The molecular weight excluding hydrogens is 262 g/mol. The zero-order valence-corrected chi connectivity index (χ0v) is 12.8. The summed E-state index contributed by atoms with van der Waals surface area (Å²) in [7, 11) is 4.06. The molecule has 0 saturated heterocycles. The molecule has 0 radical (unpaired) electrons. The van der Waals surface area contributed by atoms with Crippen molar-refractivity contribution < 1.29 is 5.11 Å². The maximum absolute atomic E-state index is 11.0. The Labute approximate surface area is 120 Å². The lowest BCUT2D eigenvalue weighted by atomic mass is 9.77. The van der Waals surface area contributed by atoms with Crippen LogP contribution in [0.5, 0.6) is 0 Å². The summed E-state index contributed by atoms with van der Waals surface area (Å²) in [5, 5.41) is 15.9. The second kappa shape index (κ2) is 5.81. The Bertz CT molecular complexity index is 432. The Hall–Kier alpha value is -0.580. The van der Waals surface area contributed by atoms with E-state index in [1.165, 1.54) is 6.42 Å². The van der Waals surface area contributed by atoms with E-state index >= 15 is 0 Å². The Morgan fingerprint density at radius 2 is 2.32 bits per heavy atom. The van der Waals surface area contributed by atoms with Crippen LogP contribution in [0.25, 0.3) is 0 Å². The zero-order valence-electron chi connectivity index (χ0n) is 12.1. The van der Waals surface area contributed by atoms with Gasteiger partial charge in [0, 0.05) is 6.54 Å². The van der Waals surface area contributed by atoms with E-state index in [9.17, 15) is 5.11 Å². The molecule has 0 spiro atoms. The number of rotatable bonds is 4. The summed E-state index contributed by atoms with van der Waals surface area (Å²) in [5.74, 6) is 0.534. The van der Waals surface area contributed by atoms with Crippen LogP contribution in [0.1, 0.15) is 38.3 Å². The molecule has 1 N–H and O–H groups in total. The molecule has 108 valence electrons. The lowest BCUT2D eigenvalue weighted by Crippen LogP contribution is -2.35. The molecule has 2 unspecified atom stereocenters. The third-order valence-corrected chi connectivity index (χ3v) is 4.24. The van der Waals surface area contributed by atoms with Crippen LogP contribution in [0, 0.1) is 5.92 Å². The Kier molecular flexibility index (Phi) is 4.54. The van der Waals surface area contributed by atoms with Gasteiger partial charge in [-0.3, -0.25) is 4.68 Å². The van der Waals surface area contributed by atoms with Gasteiger partial charge in [-0.05, 0) is 39.3 Å². The van der Waals surface area contributed by atoms with Gasteiger partial charge in [0.25, 0.3) is 0 Å². The molecule has 1 saturated carbocycles. The Morgan fingerprint density at radius 3 is 2.95 bits per heavy atom. The van der Waals surface area contributed by atoms with Crippen molar-refractivity contribution in [3.05, 3.63) is 16.9 Å². The highest BCUT2D eigenvalue weighted by Crippen LogP contribution is 2.42. The third kappa shape index (κ3) is 3.30. The van der Waals surface area contributed by atoms with Crippen LogP contribution in [-0.4, -0.2) is 40.4 Å². The van der Waals surface area contributed by atoms with Gasteiger partial charge in [-0.1, -0.05) is 24.9 Å². The number of hydrogen-bond donors (Lipinski definition) is 1. The van der Waals surface area contributed by atoms with Crippen LogP contribution < -0.4 is 0 Å². The van der Waals surface area contributed by atoms with Crippen molar-refractivity contribution in [1.29, 1.82) is 0 Å². The number of aromatic nitrogens is 2. The minimum Gasteiger partial charge on any atom is -0.384 e. The Balaban J connectivity index is 2.24. The van der Waals surface area contributed by atoms with Crippen molar-refractivity contribution >= 4 is 11.6 Å². The van der Waals surface area contributed by atoms with Crippen molar-refractivity contribution in [1.82, 2.24) is 14.7 Å². The summed E-state index contributed by atoms with van der Waals surface area (Å²) in [6.07, 6.45) is 5.45. The fourth-order valence-corrected chi connectivity index (χ4v) is 3.35. The molecule has 2 rings (SSSR count). The predicted molar refractivity (Wildman–Crippen MR) is 77.3 cm³/mol. The van der Waals surface area contributed by atoms with E-state index in [1.807, 2.05) is 18.8 Å². The highest BCUT2D eigenvalue weighted by atomic mass is 35.5. The fourth-order valence-electron chi connectivity index (χ4n) is 3.03. The molecule has 1 heterocycles. The van der Waals surface area contributed by atoms with Crippen LogP contribution in [-0.2, 0) is 12.1 Å². The van der Waals surface area contributed by atoms with E-state index in [-0.39, 0.29) is 0 Å². The summed E-state index contributed by atoms with van der Waals surface area (Å²) >= 11 is 6.27. The van der Waals surface area contributed by atoms with Crippen LogP contribution in [0.2, 0.25) is 5.02 Å². The lowest BCUT2D eigenvalue weighted by molar-refractivity contribution is -0.0255. The molecule has 0 aromatic carbocycles. The predicted octanol–water partition coefficient (Wildman–Crippen LogP) is 2.50. The van der Waals surface area contributed by atoms with Gasteiger partial charge in [0.05, 0.1) is 23.5 Å². The van der Waals surface area contributed by atoms with Crippen LogP contribution in [0.3, 0.4) is 0 Å². The first-order chi connectivity index (χ1) is 8.92. The first kappa shape index (κ1) is 14.8. The molecule has 0 aliphatic heterocycles. The second-order valence-corrected chi connectivity index (χ2v) is 6.51. The summed E-state index contributed by atoms with van der Waals surface area (Å²) in [6.45, 7) is 3.83. The maximum Gasteiger partial charge on any atom is 0.108 e. The molecule has 0 amide bonds. The van der Waals surface area contributed by atoms with Gasteiger partial charge in [-0.15, -0.1) is 0 Å². The molecule has 0 bridgehead atoms. The summed E-state index contributed by atoms with van der Waals surface area (Å²) in [6, 6.07) is 0. The molecule has 1 aliphatic carbocycles. The van der Waals surface area contributed by atoms with Crippen LogP contribution in [0.15, 0.2) is 6.20 Å². The summed E-state index contributed by atoms with van der Waals surface area (Å²) in [5.41, 5.74) is -0.0000413. The molecule has 5 heteroatoms. The van der Waals surface area contributed by atoms with Crippen molar-refractivity contribution in [2.75, 3.05) is 20.6 Å². The minimum atomic E-state index is -0.808. The van der Waals surface area contributed by atoms with Gasteiger partial charge in [-0.2, -0.15) is 5.10 Å². The zero-order chi connectivity index (χ0) is 14.0. The minimum absolute atomic E-state index is 0.534. The molecule has 2 atom stereocenters. The topological polar surface area (TPSA) is 41.3 Å². The van der Waals surface area contributed by atoms with Crippen LogP contribution in [0.4, 0.5) is 0 Å². The summed E-state index contributed by atoms with van der Waals surface area (Å²) in [4.78, 5) is 2.10. The van der Waals surface area contributed by atoms with Gasteiger partial charge in [0.15, 0.2) is 0 Å². The quantitative estimate of drug-likeness (QED) is 0.924. The van der Waals surface area contributed by atoms with Crippen molar-refractivity contribution in [3.63, 3.8) is 0 Å². The highest BCUT2D eigenvalue weighted by molar-refractivity contribution is 6.31. The van der Waals surface area contributed by atoms with Gasteiger partial charge in [0.2, 0.25) is 0 Å². The van der Waals surface area contributed by atoms with Gasteiger partial charge >= 0.3 is 0 Å². The standard InChI is InChI=1S/C14H24ClN3O/c1-11-5-4-6-14(19,9-11)13-12(15)10-16-18(13)8-7-17(2)3/h10-11,19H,4-9H2,1-3H3. The van der Waals surface area contributed by atoms with E-state index in [4.69, 9.17) is 11.6 Å². The first-order valence-corrected chi connectivity index (χ1v) is 7.39. The number of halogens is 1. The molecule has 1 aromatic rings. The molecule has 1 aromatic heterocycles. The van der Waals surface area contributed by atoms with Crippen molar-refractivity contribution in [3.8, 4) is 0 Å². The number of aliphatic hydroxyl groups is 1. The second-order valence-electron chi connectivity index (χ2n) is 6.10. The van der Waals surface area contributed by atoms with E-state index in [2.05, 4.69) is 16.9 Å². The Morgan fingerprint density at radius 1 is 1.58 bits per heavy atom. The molecule has 4 nitrogen and oxygen atoms in total. The van der Waals surface area contributed by atoms with Crippen LogP contribution >= 0.6 is 11.6 Å². The average molecular weight is 286 g/mol.